The predicted octanol–water partition coefficient (Wildman–Crippen LogP) is 7.11. The van der Waals surface area contributed by atoms with Gasteiger partial charge in [0, 0.05) is 22.0 Å². The minimum atomic E-state index is 0.682. The molecular formula is C25H18ClNO. The van der Waals surface area contributed by atoms with Gasteiger partial charge in [-0.25, -0.2) is 0 Å². The van der Waals surface area contributed by atoms with Crippen LogP contribution in [-0.4, -0.2) is 11.7 Å². The predicted molar refractivity (Wildman–Crippen MR) is 118 cm³/mol. The first-order chi connectivity index (χ1) is 13.8. The third kappa shape index (κ3) is 2.57. The second kappa shape index (κ2) is 6.74. The van der Waals surface area contributed by atoms with E-state index in [1.54, 1.807) is 7.11 Å². The van der Waals surface area contributed by atoms with Gasteiger partial charge in [-0.2, -0.15) is 0 Å². The standard InChI is InChI=1S/C25H18ClNO/c1-28-24-13-7-11-21(26)25(24)17-14-15-20-19-10-5-6-12-22(19)27(23(20)16-17)18-8-3-2-4-9-18/h2-16H,1H3. The molecular weight excluding hydrogens is 366 g/mol. The van der Waals surface area contributed by atoms with Gasteiger partial charge in [-0.05, 0) is 42.0 Å². The molecule has 5 rings (SSSR count). The quantitative estimate of drug-likeness (QED) is 0.323. The average Bonchev–Trinajstić information content (AvgIpc) is 3.07. The van der Waals surface area contributed by atoms with Gasteiger partial charge < -0.3 is 9.30 Å². The van der Waals surface area contributed by atoms with Gasteiger partial charge in [0.15, 0.2) is 0 Å². The molecule has 5 aromatic rings. The van der Waals surface area contributed by atoms with Crippen molar-refractivity contribution in [2.75, 3.05) is 7.11 Å². The molecule has 3 heteroatoms. The summed E-state index contributed by atoms with van der Waals surface area (Å²) in [4.78, 5) is 0. The number of benzene rings is 4. The molecule has 0 fully saturated rings. The number of ether oxygens (including phenoxy) is 1. The highest BCUT2D eigenvalue weighted by Crippen LogP contribution is 2.40. The third-order valence-electron chi connectivity index (χ3n) is 5.17. The second-order valence-electron chi connectivity index (χ2n) is 6.74. The topological polar surface area (TPSA) is 14.2 Å². The fourth-order valence-electron chi connectivity index (χ4n) is 3.94. The highest BCUT2D eigenvalue weighted by molar-refractivity contribution is 6.33. The van der Waals surface area contributed by atoms with Gasteiger partial charge in [-0.1, -0.05) is 66.2 Å². The van der Waals surface area contributed by atoms with Crippen LogP contribution in [0.1, 0.15) is 0 Å². The van der Waals surface area contributed by atoms with Crippen LogP contribution < -0.4 is 4.74 Å². The van der Waals surface area contributed by atoms with Crippen molar-refractivity contribution in [2.24, 2.45) is 0 Å². The lowest BCUT2D eigenvalue weighted by atomic mass is 10.0. The molecule has 1 heterocycles. The lowest BCUT2D eigenvalue weighted by Crippen LogP contribution is -1.94. The molecule has 0 spiro atoms. The Balaban J connectivity index is 1.87. The van der Waals surface area contributed by atoms with Crippen molar-refractivity contribution in [3.63, 3.8) is 0 Å². The van der Waals surface area contributed by atoms with Crippen LogP contribution in [0.4, 0.5) is 0 Å². The molecule has 0 aliphatic rings. The summed E-state index contributed by atoms with van der Waals surface area (Å²) in [5.74, 6) is 0.772. The minimum Gasteiger partial charge on any atom is -0.496 e. The number of aromatic nitrogens is 1. The second-order valence-corrected chi connectivity index (χ2v) is 7.14. The maximum absolute atomic E-state index is 6.54. The van der Waals surface area contributed by atoms with E-state index in [0.29, 0.717) is 5.02 Å². The largest absolute Gasteiger partial charge is 0.496 e. The van der Waals surface area contributed by atoms with Gasteiger partial charge in [0.2, 0.25) is 0 Å². The van der Waals surface area contributed by atoms with Crippen molar-refractivity contribution in [3.8, 4) is 22.6 Å². The maximum atomic E-state index is 6.54. The lowest BCUT2D eigenvalue weighted by molar-refractivity contribution is 0.416. The van der Waals surface area contributed by atoms with Crippen LogP contribution in [0.2, 0.25) is 5.02 Å². The Morgan fingerprint density at radius 2 is 1.46 bits per heavy atom. The molecule has 136 valence electrons. The summed E-state index contributed by atoms with van der Waals surface area (Å²) in [6.07, 6.45) is 0. The van der Waals surface area contributed by atoms with Gasteiger partial charge in [0.05, 0.1) is 23.2 Å². The number of hydrogen-bond donors (Lipinski definition) is 0. The van der Waals surface area contributed by atoms with Gasteiger partial charge in [0.25, 0.3) is 0 Å². The Kier molecular flexibility index (Phi) is 4.07. The smallest absolute Gasteiger partial charge is 0.128 e. The van der Waals surface area contributed by atoms with E-state index in [2.05, 4.69) is 71.3 Å². The average molecular weight is 384 g/mol. The molecule has 0 aliphatic carbocycles. The minimum absolute atomic E-state index is 0.682. The number of para-hydroxylation sites is 2. The molecule has 0 aliphatic heterocycles. The normalized spacial score (nSPS) is 11.2. The molecule has 0 saturated carbocycles. The van der Waals surface area contributed by atoms with Gasteiger partial charge in [-0.3, -0.25) is 0 Å². The number of methoxy groups -OCH3 is 1. The first-order valence-corrected chi connectivity index (χ1v) is 9.57. The van der Waals surface area contributed by atoms with Crippen LogP contribution in [0.25, 0.3) is 38.6 Å². The summed E-state index contributed by atoms with van der Waals surface area (Å²) in [6, 6.07) is 31.2. The van der Waals surface area contributed by atoms with Crippen LogP contribution in [0.5, 0.6) is 5.75 Å². The molecule has 2 nitrogen and oxygen atoms in total. The fraction of sp³-hybridized carbons (Fsp3) is 0.0400. The molecule has 28 heavy (non-hydrogen) atoms. The van der Waals surface area contributed by atoms with Gasteiger partial charge in [0.1, 0.15) is 5.75 Å². The Hall–Kier alpha value is -3.23. The number of nitrogens with zero attached hydrogens (tertiary/aromatic N) is 1. The fourth-order valence-corrected chi connectivity index (χ4v) is 4.21. The van der Waals surface area contributed by atoms with Crippen molar-refractivity contribution >= 4 is 33.4 Å². The summed E-state index contributed by atoms with van der Waals surface area (Å²) < 4.78 is 7.88. The van der Waals surface area contributed by atoms with Crippen LogP contribution in [0, 0.1) is 0 Å². The Labute approximate surface area is 168 Å². The zero-order valence-electron chi connectivity index (χ0n) is 15.4. The molecule has 0 amide bonds. The van der Waals surface area contributed by atoms with Crippen molar-refractivity contribution in [2.45, 2.75) is 0 Å². The molecule has 0 unspecified atom stereocenters. The zero-order valence-corrected chi connectivity index (χ0v) is 16.1. The van der Waals surface area contributed by atoms with Crippen LogP contribution >= 0.6 is 11.6 Å². The van der Waals surface area contributed by atoms with Crippen molar-refractivity contribution in [1.29, 1.82) is 0 Å². The molecule has 0 radical (unpaired) electrons. The number of fused-ring (bicyclic) bond motifs is 3. The van der Waals surface area contributed by atoms with E-state index in [1.165, 1.54) is 16.3 Å². The number of hydrogen-bond acceptors (Lipinski definition) is 1. The maximum Gasteiger partial charge on any atom is 0.128 e. The van der Waals surface area contributed by atoms with E-state index in [-0.39, 0.29) is 0 Å². The van der Waals surface area contributed by atoms with Crippen molar-refractivity contribution < 1.29 is 4.74 Å². The summed E-state index contributed by atoms with van der Waals surface area (Å²) >= 11 is 6.54. The molecule has 1 aromatic heterocycles. The molecule has 4 aromatic carbocycles. The molecule has 0 saturated heterocycles. The van der Waals surface area contributed by atoms with E-state index in [0.717, 1.165) is 28.1 Å². The van der Waals surface area contributed by atoms with E-state index in [4.69, 9.17) is 16.3 Å². The summed E-state index contributed by atoms with van der Waals surface area (Å²) in [7, 11) is 1.68. The van der Waals surface area contributed by atoms with E-state index < -0.39 is 0 Å². The summed E-state index contributed by atoms with van der Waals surface area (Å²) in [5, 5.41) is 3.13. The van der Waals surface area contributed by atoms with E-state index in [9.17, 15) is 0 Å². The number of rotatable bonds is 3. The Morgan fingerprint density at radius 3 is 2.29 bits per heavy atom. The summed E-state index contributed by atoms with van der Waals surface area (Å²) in [5.41, 5.74) is 5.42. The summed E-state index contributed by atoms with van der Waals surface area (Å²) in [6.45, 7) is 0. The zero-order chi connectivity index (χ0) is 19.1. The molecule has 0 bridgehead atoms. The van der Waals surface area contributed by atoms with Gasteiger partial charge >= 0.3 is 0 Å². The first-order valence-electron chi connectivity index (χ1n) is 9.19. The monoisotopic (exact) mass is 383 g/mol. The lowest BCUT2D eigenvalue weighted by Gasteiger charge is -2.12. The Morgan fingerprint density at radius 1 is 0.714 bits per heavy atom. The Bertz CT molecular complexity index is 1300. The molecule has 0 N–H and O–H groups in total. The van der Waals surface area contributed by atoms with Crippen molar-refractivity contribution in [3.05, 3.63) is 96.0 Å². The van der Waals surface area contributed by atoms with E-state index in [1.807, 2.05) is 24.3 Å². The number of halogens is 1. The highest BCUT2D eigenvalue weighted by Gasteiger charge is 2.15. The van der Waals surface area contributed by atoms with Gasteiger partial charge in [-0.15, -0.1) is 0 Å². The van der Waals surface area contributed by atoms with Crippen LogP contribution in [0.3, 0.4) is 0 Å². The third-order valence-corrected chi connectivity index (χ3v) is 5.49. The first kappa shape index (κ1) is 16.9. The van der Waals surface area contributed by atoms with E-state index >= 15 is 0 Å². The highest BCUT2D eigenvalue weighted by atomic mass is 35.5. The van der Waals surface area contributed by atoms with Crippen molar-refractivity contribution in [1.82, 2.24) is 4.57 Å². The van der Waals surface area contributed by atoms with Crippen LogP contribution in [0.15, 0.2) is 91.0 Å². The SMILES string of the molecule is COc1cccc(Cl)c1-c1ccc2c3ccccc3n(-c3ccccc3)c2c1. The molecule has 0 atom stereocenters. The van der Waals surface area contributed by atoms with Crippen LogP contribution in [-0.2, 0) is 0 Å².